The molecule has 0 aliphatic rings. The molecule has 0 amide bonds. The van der Waals surface area contributed by atoms with Crippen LogP contribution in [0.5, 0.6) is 0 Å². The number of carbonyl (C=O) groups is 1. The Balaban J connectivity index is 2.11. The Morgan fingerprint density at radius 3 is 2.62 bits per heavy atom. The zero-order valence-corrected chi connectivity index (χ0v) is 13.1. The van der Waals surface area contributed by atoms with E-state index in [0.717, 1.165) is 16.8 Å². The van der Waals surface area contributed by atoms with Gasteiger partial charge in [-0.1, -0.05) is 24.3 Å². The number of ether oxygens (including phenoxy) is 1. The molecule has 0 bridgehead atoms. The van der Waals surface area contributed by atoms with Gasteiger partial charge in [-0.2, -0.15) is 0 Å². The van der Waals surface area contributed by atoms with Crippen LogP contribution in [0.3, 0.4) is 0 Å². The molecule has 110 valence electrons. The van der Waals surface area contributed by atoms with Crippen molar-refractivity contribution in [3.8, 4) is 0 Å². The summed E-state index contributed by atoms with van der Waals surface area (Å²) < 4.78 is 18.4. The van der Waals surface area contributed by atoms with E-state index in [-0.39, 0.29) is 18.2 Å². The smallest absolute Gasteiger partial charge is 0.309 e. The lowest BCUT2D eigenvalue weighted by atomic mass is 10.0. The minimum Gasteiger partial charge on any atom is -0.469 e. The minimum absolute atomic E-state index is 0.235. The topological polar surface area (TPSA) is 38.3 Å². The second-order valence-corrected chi connectivity index (χ2v) is 5.35. The first kappa shape index (κ1) is 15.5. The number of benzene rings is 2. The van der Waals surface area contributed by atoms with Gasteiger partial charge in [-0.3, -0.25) is 4.79 Å². The van der Waals surface area contributed by atoms with Crippen LogP contribution in [0.15, 0.2) is 46.9 Å². The van der Waals surface area contributed by atoms with Gasteiger partial charge in [0.15, 0.2) is 0 Å². The van der Waals surface area contributed by atoms with Crippen LogP contribution in [0.4, 0.5) is 10.1 Å². The van der Waals surface area contributed by atoms with Crippen molar-refractivity contribution in [2.75, 3.05) is 12.4 Å². The number of anilines is 1. The van der Waals surface area contributed by atoms with E-state index < -0.39 is 0 Å². The highest BCUT2D eigenvalue weighted by atomic mass is 79.9. The molecule has 0 spiro atoms. The largest absolute Gasteiger partial charge is 0.469 e. The van der Waals surface area contributed by atoms with Gasteiger partial charge < -0.3 is 10.1 Å². The van der Waals surface area contributed by atoms with E-state index in [1.165, 1.54) is 19.2 Å². The SMILES string of the molecule is COC(=O)Cc1ccccc1CNc1ccc(F)cc1Br. The monoisotopic (exact) mass is 351 g/mol. The highest BCUT2D eigenvalue weighted by Gasteiger charge is 2.08. The van der Waals surface area contributed by atoms with Gasteiger partial charge in [0.25, 0.3) is 0 Å². The molecule has 0 fully saturated rings. The van der Waals surface area contributed by atoms with Gasteiger partial charge in [0.2, 0.25) is 0 Å². The molecule has 0 unspecified atom stereocenters. The van der Waals surface area contributed by atoms with Gasteiger partial charge in [0.05, 0.1) is 13.5 Å². The van der Waals surface area contributed by atoms with Crippen LogP contribution >= 0.6 is 15.9 Å². The third-order valence-corrected chi connectivity index (χ3v) is 3.74. The van der Waals surface area contributed by atoms with Crippen LogP contribution in [-0.2, 0) is 22.5 Å². The number of hydrogen-bond acceptors (Lipinski definition) is 3. The molecule has 0 radical (unpaired) electrons. The fourth-order valence-electron chi connectivity index (χ4n) is 1.95. The van der Waals surface area contributed by atoms with Crippen molar-refractivity contribution < 1.29 is 13.9 Å². The Morgan fingerprint density at radius 2 is 1.95 bits per heavy atom. The summed E-state index contributed by atoms with van der Waals surface area (Å²) in [5.74, 6) is -0.566. The van der Waals surface area contributed by atoms with Crippen LogP contribution in [0.25, 0.3) is 0 Å². The third kappa shape index (κ3) is 4.29. The first-order chi connectivity index (χ1) is 10.1. The number of nitrogens with one attached hydrogen (secondary N) is 1. The van der Waals surface area contributed by atoms with Gasteiger partial charge >= 0.3 is 5.97 Å². The van der Waals surface area contributed by atoms with Crippen LogP contribution < -0.4 is 5.32 Å². The average Bonchev–Trinajstić information content (AvgIpc) is 2.47. The summed E-state index contributed by atoms with van der Waals surface area (Å²) in [4.78, 5) is 11.4. The second-order valence-electron chi connectivity index (χ2n) is 4.50. The van der Waals surface area contributed by atoms with Gasteiger partial charge in [-0.05, 0) is 45.3 Å². The number of carbonyl (C=O) groups excluding carboxylic acids is 1. The standard InChI is InChI=1S/C16H15BrFNO2/c1-21-16(20)8-11-4-2-3-5-12(11)10-19-15-7-6-13(18)9-14(15)17/h2-7,9,19H,8,10H2,1H3. The predicted molar refractivity (Wildman–Crippen MR) is 83.6 cm³/mol. The van der Waals surface area contributed by atoms with Crippen molar-refractivity contribution in [2.45, 2.75) is 13.0 Å². The van der Waals surface area contributed by atoms with E-state index in [0.29, 0.717) is 11.0 Å². The molecule has 3 nitrogen and oxygen atoms in total. The summed E-state index contributed by atoms with van der Waals surface area (Å²) in [7, 11) is 1.37. The van der Waals surface area contributed by atoms with Crippen molar-refractivity contribution >= 4 is 27.6 Å². The average molecular weight is 352 g/mol. The molecule has 2 aromatic rings. The van der Waals surface area contributed by atoms with E-state index >= 15 is 0 Å². The van der Waals surface area contributed by atoms with Crippen molar-refractivity contribution in [3.05, 3.63) is 63.9 Å². The lowest BCUT2D eigenvalue weighted by Gasteiger charge is -2.12. The molecule has 0 atom stereocenters. The molecule has 5 heteroatoms. The molecule has 2 aromatic carbocycles. The lowest BCUT2D eigenvalue weighted by Crippen LogP contribution is -2.09. The maximum atomic E-state index is 13.0. The molecular weight excluding hydrogens is 337 g/mol. The summed E-state index contributed by atoms with van der Waals surface area (Å²) >= 11 is 3.31. The maximum absolute atomic E-state index is 13.0. The Morgan fingerprint density at radius 1 is 1.24 bits per heavy atom. The Bertz CT molecular complexity index is 646. The summed E-state index contributed by atoms with van der Waals surface area (Å²) in [6, 6.07) is 12.1. The van der Waals surface area contributed by atoms with Crippen molar-refractivity contribution in [2.24, 2.45) is 0 Å². The van der Waals surface area contributed by atoms with Crippen LogP contribution in [0, 0.1) is 5.82 Å². The zero-order chi connectivity index (χ0) is 15.2. The molecule has 0 saturated heterocycles. The first-order valence-electron chi connectivity index (χ1n) is 6.42. The normalized spacial score (nSPS) is 10.2. The molecule has 21 heavy (non-hydrogen) atoms. The van der Waals surface area contributed by atoms with Crippen molar-refractivity contribution in [1.29, 1.82) is 0 Å². The van der Waals surface area contributed by atoms with E-state index in [1.807, 2.05) is 24.3 Å². The number of methoxy groups -OCH3 is 1. The Kier molecular flexibility index (Phi) is 5.33. The minimum atomic E-state index is -0.293. The summed E-state index contributed by atoms with van der Waals surface area (Å²) in [6.45, 7) is 0.539. The predicted octanol–water partition coefficient (Wildman–Crippen LogP) is 3.92. The number of halogens is 2. The van der Waals surface area contributed by atoms with Crippen LogP contribution in [0.2, 0.25) is 0 Å². The molecular formula is C16H15BrFNO2. The Labute approximate surface area is 131 Å². The molecule has 1 N–H and O–H groups in total. The third-order valence-electron chi connectivity index (χ3n) is 3.08. The zero-order valence-electron chi connectivity index (χ0n) is 11.5. The van der Waals surface area contributed by atoms with E-state index in [9.17, 15) is 9.18 Å². The Hall–Kier alpha value is -1.88. The van der Waals surface area contributed by atoms with Gasteiger partial charge in [-0.25, -0.2) is 4.39 Å². The maximum Gasteiger partial charge on any atom is 0.309 e. The number of hydrogen-bond donors (Lipinski definition) is 1. The van der Waals surface area contributed by atoms with Gasteiger partial charge in [-0.15, -0.1) is 0 Å². The summed E-state index contributed by atoms with van der Waals surface area (Å²) in [5.41, 5.74) is 2.71. The van der Waals surface area contributed by atoms with Crippen molar-refractivity contribution in [1.82, 2.24) is 0 Å². The quantitative estimate of drug-likeness (QED) is 0.829. The van der Waals surface area contributed by atoms with Crippen molar-refractivity contribution in [3.63, 3.8) is 0 Å². The highest BCUT2D eigenvalue weighted by molar-refractivity contribution is 9.10. The van der Waals surface area contributed by atoms with E-state index in [2.05, 4.69) is 21.2 Å². The number of esters is 1. The van der Waals surface area contributed by atoms with Crippen LogP contribution in [0.1, 0.15) is 11.1 Å². The lowest BCUT2D eigenvalue weighted by molar-refractivity contribution is -0.139. The highest BCUT2D eigenvalue weighted by Crippen LogP contribution is 2.24. The molecule has 0 aliphatic heterocycles. The fraction of sp³-hybridized carbons (Fsp3) is 0.188. The molecule has 0 heterocycles. The van der Waals surface area contributed by atoms with Gasteiger partial charge in [0.1, 0.15) is 5.82 Å². The first-order valence-corrected chi connectivity index (χ1v) is 7.22. The summed E-state index contributed by atoms with van der Waals surface area (Å²) in [6.07, 6.45) is 0.235. The fourth-order valence-corrected chi connectivity index (χ4v) is 2.44. The van der Waals surface area contributed by atoms with Crippen LogP contribution in [-0.4, -0.2) is 13.1 Å². The van der Waals surface area contributed by atoms with E-state index in [1.54, 1.807) is 6.07 Å². The molecule has 0 saturated carbocycles. The van der Waals surface area contributed by atoms with Gasteiger partial charge in [0, 0.05) is 16.7 Å². The molecule has 0 aliphatic carbocycles. The summed E-state index contributed by atoms with van der Waals surface area (Å²) in [5, 5.41) is 3.22. The van der Waals surface area contributed by atoms with E-state index in [4.69, 9.17) is 4.74 Å². The second kappa shape index (κ2) is 7.22. The molecule has 0 aromatic heterocycles. The molecule has 2 rings (SSSR count). The number of rotatable bonds is 5.